The van der Waals surface area contributed by atoms with Gasteiger partial charge in [0.25, 0.3) is 0 Å². The summed E-state index contributed by atoms with van der Waals surface area (Å²) in [5.41, 5.74) is 5.18. The zero-order valence-electron chi connectivity index (χ0n) is 19.4. The lowest BCUT2D eigenvalue weighted by molar-refractivity contribution is 0.100. The van der Waals surface area contributed by atoms with Crippen molar-refractivity contribution in [2.75, 3.05) is 38.1 Å². The van der Waals surface area contributed by atoms with E-state index in [4.69, 9.17) is 22.1 Å². The fourth-order valence-corrected chi connectivity index (χ4v) is 4.82. The van der Waals surface area contributed by atoms with Crippen LogP contribution in [0.15, 0.2) is 46.3 Å². The number of aliphatic hydroxyl groups is 1. The van der Waals surface area contributed by atoms with Gasteiger partial charge in [-0.15, -0.1) is 0 Å². The van der Waals surface area contributed by atoms with E-state index in [1.807, 2.05) is 11.9 Å². The standard InChI is InChI=1S/C24H24ClF2N5O3S/c1-31-6-8-32(9-7-31)24-29-11-20(36-15-3-4-16(22(28)34)18(25)10-15)23(30-24)35-13-14-2-5-19(26)17(12-33)21(14)27/h2-5,10-11,33H,6-9,12-13H2,1H3,(H2,28,34). The minimum atomic E-state index is -0.867. The van der Waals surface area contributed by atoms with E-state index in [0.717, 1.165) is 32.2 Å². The first-order chi connectivity index (χ1) is 17.3. The smallest absolute Gasteiger partial charge is 0.250 e. The van der Waals surface area contributed by atoms with E-state index < -0.39 is 29.7 Å². The van der Waals surface area contributed by atoms with Crippen LogP contribution in [0.4, 0.5) is 14.7 Å². The zero-order valence-corrected chi connectivity index (χ0v) is 21.0. The summed E-state index contributed by atoms with van der Waals surface area (Å²) >= 11 is 7.44. The molecule has 1 saturated heterocycles. The van der Waals surface area contributed by atoms with Gasteiger partial charge in [-0.1, -0.05) is 23.4 Å². The number of aromatic nitrogens is 2. The van der Waals surface area contributed by atoms with Crippen molar-refractivity contribution in [3.8, 4) is 5.88 Å². The predicted molar refractivity (Wildman–Crippen MR) is 132 cm³/mol. The first-order valence-corrected chi connectivity index (χ1v) is 12.2. The second-order valence-electron chi connectivity index (χ2n) is 8.18. The van der Waals surface area contributed by atoms with Crippen molar-refractivity contribution in [1.82, 2.24) is 14.9 Å². The summed E-state index contributed by atoms with van der Waals surface area (Å²) < 4.78 is 34.3. The van der Waals surface area contributed by atoms with Gasteiger partial charge in [-0.2, -0.15) is 4.98 Å². The van der Waals surface area contributed by atoms with E-state index in [1.165, 1.54) is 23.9 Å². The molecule has 36 heavy (non-hydrogen) atoms. The number of anilines is 1. The van der Waals surface area contributed by atoms with E-state index >= 15 is 0 Å². The lowest BCUT2D eigenvalue weighted by Crippen LogP contribution is -2.45. The molecule has 4 rings (SSSR count). The third kappa shape index (κ3) is 5.86. The van der Waals surface area contributed by atoms with Crippen LogP contribution in [0.5, 0.6) is 5.88 Å². The molecule has 8 nitrogen and oxygen atoms in total. The molecule has 0 bridgehead atoms. The monoisotopic (exact) mass is 535 g/mol. The van der Waals surface area contributed by atoms with Crippen LogP contribution in [0.1, 0.15) is 21.5 Å². The Morgan fingerprint density at radius 3 is 2.64 bits per heavy atom. The maximum absolute atomic E-state index is 14.7. The number of likely N-dealkylation sites (N-methyl/N-ethyl adjacent to an activating group) is 1. The van der Waals surface area contributed by atoms with Gasteiger partial charge in [0.15, 0.2) is 0 Å². The maximum atomic E-state index is 14.7. The van der Waals surface area contributed by atoms with Crippen LogP contribution >= 0.6 is 23.4 Å². The normalized spacial score (nSPS) is 14.2. The Bertz CT molecular complexity index is 1270. The average molecular weight is 536 g/mol. The van der Waals surface area contributed by atoms with Gasteiger partial charge in [0, 0.05) is 42.2 Å². The highest BCUT2D eigenvalue weighted by Crippen LogP contribution is 2.36. The second-order valence-corrected chi connectivity index (χ2v) is 9.71. The number of amides is 1. The van der Waals surface area contributed by atoms with E-state index in [9.17, 15) is 18.7 Å². The van der Waals surface area contributed by atoms with Gasteiger partial charge in [0.2, 0.25) is 17.7 Å². The number of ether oxygens (including phenoxy) is 1. The van der Waals surface area contributed by atoms with Crippen molar-refractivity contribution in [3.05, 3.63) is 69.9 Å². The van der Waals surface area contributed by atoms with Gasteiger partial charge >= 0.3 is 0 Å². The highest BCUT2D eigenvalue weighted by molar-refractivity contribution is 7.99. The lowest BCUT2D eigenvalue weighted by Gasteiger charge is -2.32. The van der Waals surface area contributed by atoms with E-state index in [-0.39, 0.29) is 28.6 Å². The summed E-state index contributed by atoms with van der Waals surface area (Å²) in [6.07, 6.45) is 1.61. The molecule has 0 atom stereocenters. The van der Waals surface area contributed by atoms with E-state index in [0.29, 0.717) is 15.7 Å². The van der Waals surface area contributed by atoms with Crippen LogP contribution in [0.2, 0.25) is 5.02 Å². The average Bonchev–Trinajstić information content (AvgIpc) is 2.85. The molecular formula is C24H24ClF2N5O3S. The number of hydrogen-bond acceptors (Lipinski definition) is 8. The molecule has 1 aliphatic rings. The van der Waals surface area contributed by atoms with Gasteiger partial charge in [0.1, 0.15) is 18.2 Å². The lowest BCUT2D eigenvalue weighted by atomic mass is 10.1. The molecule has 12 heteroatoms. The van der Waals surface area contributed by atoms with Crippen molar-refractivity contribution in [1.29, 1.82) is 0 Å². The summed E-state index contributed by atoms with van der Waals surface area (Å²) in [4.78, 5) is 26.0. The van der Waals surface area contributed by atoms with Crippen LogP contribution in [-0.2, 0) is 13.2 Å². The molecule has 190 valence electrons. The first kappa shape index (κ1) is 26.1. The van der Waals surface area contributed by atoms with Gasteiger partial charge in [-0.25, -0.2) is 13.8 Å². The highest BCUT2D eigenvalue weighted by Gasteiger charge is 2.20. The number of benzene rings is 2. The summed E-state index contributed by atoms with van der Waals surface area (Å²) in [5.74, 6) is -1.66. The van der Waals surface area contributed by atoms with Crippen molar-refractivity contribution in [2.24, 2.45) is 5.73 Å². The number of hydrogen-bond donors (Lipinski definition) is 2. The number of nitrogens with zero attached hydrogens (tertiary/aromatic N) is 4. The van der Waals surface area contributed by atoms with Crippen LogP contribution in [-0.4, -0.2) is 59.1 Å². The van der Waals surface area contributed by atoms with Crippen LogP contribution in [0.25, 0.3) is 0 Å². The van der Waals surface area contributed by atoms with Crippen LogP contribution in [0, 0.1) is 11.6 Å². The Kier molecular flexibility index (Phi) is 8.24. The van der Waals surface area contributed by atoms with Gasteiger partial charge in [-0.05, 0) is 37.4 Å². The summed E-state index contributed by atoms with van der Waals surface area (Å²) in [6.45, 7) is 2.16. The molecule has 1 aliphatic heterocycles. The largest absolute Gasteiger partial charge is 0.472 e. The molecule has 0 spiro atoms. The Labute approximate surface area is 216 Å². The zero-order chi connectivity index (χ0) is 25.8. The molecule has 3 aromatic rings. The van der Waals surface area contributed by atoms with Crippen LogP contribution < -0.4 is 15.4 Å². The Morgan fingerprint density at radius 2 is 1.97 bits per heavy atom. The predicted octanol–water partition coefficient (Wildman–Crippen LogP) is 3.48. The fraction of sp³-hybridized carbons (Fsp3) is 0.292. The summed E-state index contributed by atoms with van der Waals surface area (Å²) in [6, 6.07) is 7.15. The third-order valence-electron chi connectivity index (χ3n) is 5.72. The van der Waals surface area contributed by atoms with Gasteiger partial charge < -0.3 is 25.4 Å². The van der Waals surface area contributed by atoms with Crippen molar-refractivity contribution in [2.45, 2.75) is 23.0 Å². The Hall–Kier alpha value is -2.99. The molecule has 0 unspecified atom stereocenters. The topological polar surface area (TPSA) is 105 Å². The highest BCUT2D eigenvalue weighted by atomic mass is 35.5. The number of nitrogens with two attached hydrogens (primary N) is 1. The number of rotatable bonds is 8. The SMILES string of the molecule is CN1CCN(c2ncc(Sc3ccc(C(N)=O)c(Cl)c3)c(OCc3ccc(F)c(CO)c3F)n2)CC1. The van der Waals surface area contributed by atoms with Gasteiger partial charge in [-0.3, -0.25) is 4.79 Å². The number of carbonyl (C=O) groups excluding carboxylic acids is 1. The maximum Gasteiger partial charge on any atom is 0.250 e. The quantitative estimate of drug-likeness (QED) is 0.452. The first-order valence-electron chi connectivity index (χ1n) is 11.0. The minimum absolute atomic E-state index is 0.0741. The Morgan fingerprint density at radius 1 is 1.22 bits per heavy atom. The van der Waals surface area contributed by atoms with Gasteiger partial charge in [0.05, 0.1) is 28.3 Å². The van der Waals surface area contributed by atoms with E-state index in [2.05, 4.69) is 14.9 Å². The molecule has 1 fully saturated rings. The van der Waals surface area contributed by atoms with Crippen LogP contribution in [0.3, 0.4) is 0 Å². The Balaban J connectivity index is 1.63. The number of halogens is 3. The summed E-state index contributed by atoms with van der Waals surface area (Å²) in [5, 5.41) is 9.50. The fourth-order valence-electron chi connectivity index (χ4n) is 3.61. The number of aliphatic hydroxyl groups excluding tert-OH is 1. The van der Waals surface area contributed by atoms with Crippen molar-refractivity contribution < 1.29 is 23.4 Å². The molecule has 0 radical (unpaired) electrons. The summed E-state index contributed by atoms with van der Waals surface area (Å²) in [7, 11) is 2.04. The molecule has 0 aliphatic carbocycles. The molecule has 1 amide bonds. The molecule has 0 saturated carbocycles. The van der Waals surface area contributed by atoms with E-state index in [1.54, 1.807) is 18.3 Å². The number of carbonyl (C=O) groups is 1. The molecule has 3 N–H and O–H groups in total. The van der Waals surface area contributed by atoms with Crippen molar-refractivity contribution >= 4 is 35.2 Å². The number of primary amides is 1. The molecule has 1 aromatic heterocycles. The molecule has 2 aromatic carbocycles. The molecular weight excluding hydrogens is 512 g/mol. The molecule has 2 heterocycles. The number of piperazine rings is 1. The van der Waals surface area contributed by atoms with Crippen molar-refractivity contribution in [3.63, 3.8) is 0 Å². The third-order valence-corrected chi connectivity index (χ3v) is 7.02. The minimum Gasteiger partial charge on any atom is -0.472 e. The second kappa shape index (κ2) is 11.4.